The third-order valence-corrected chi connectivity index (χ3v) is 4.73. The van der Waals surface area contributed by atoms with E-state index in [4.69, 9.17) is 14.7 Å². The van der Waals surface area contributed by atoms with Gasteiger partial charge in [-0.05, 0) is 29.7 Å². The van der Waals surface area contributed by atoms with Gasteiger partial charge in [-0.15, -0.1) is 0 Å². The molecule has 0 aliphatic carbocycles. The first-order valence-electron chi connectivity index (χ1n) is 9.76. The molecule has 0 heterocycles. The molecular formula is C25H24N2O3. The molecular weight excluding hydrogens is 376 g/mol. The molecule has 1 amide bonds. The lowest BCUT2D eigenvalue weighted by Gasteiger charge is -2.23. The molecule has 3 aromatic rings. The van der Waals surface area contributed by atoms with Crippen LogP contribution in [0.3, 0.4) is 0 Å². The van der Waals surface area contributed by atoms with E-state index in [0.29, 0.717) is 30.2 Å². The minimum Gasteiger partial charge on any atom is -0.493 e. The van der Waals surface area contributed by atoms with Crippen LogP contribution in [-0.2, 0) is 17.8 Å². The first-order chi connectivity index (χ1) is 14.7. The molecule has 0 atom stereocenters. The summed E-state index contributed by atoms with van der Waals surface area (Å²) in [7, 11) is 1.51. The highest BCUT2D eigenvalue weighted by Crippen LogP contribution is 2.27. The highest BCUT2D eigenvalue weighted by molar-refractivity contribution is 5.78. The molecule has 0 spiro atoms. The summed E-state index contributed by atoms with van der Waals surface area (Å²) >= 11 is 0. The van der Waals surface area contributed by atoms with Gasteiger partial charge in [-0.25, -0.2) is 0 Å². The van der Waals surface area contributed by atoms with Crippen LogP contribution < -0.4 is 9.47 Å². The maximum absolute atomic E-state index is 13.0. The topological polar surface area (TPSA) is 62.6 Å². The maximum atomic E-state index is 13.0. The number of benzene rings is 3. The zero-order chi connectivity index (χ0) is 21.2. The lowest BCUT2D eigenvalue weighted by molar-refractivity contribution is -0.134. The van der Waals surface area contributed by atoms with E-state index in [1.54, 1.807) is 23.1 Å². The molecule has 3 aromatic carbocycles. The van der Waals surface area contributed by atoms with E-state index in [1.807, 2.05) is 48.5 Å². The molecule has 0 fully saturated rings. The van der Waals surface area contributed by atoms with E-state index in [9.17, 15) is 4.79 Å². The molecule has 152 valence electrons. The molecule has 0 saturated heterocycles. The number of amides is 1. The van der Waals surface area contributed by atoms with Crippen LogP contribution in [0, 0.1) is 11.3 Å². The zero-order valence-corrected chi connectivity index (χ0v) is 17.0. The highest BCUT2D eigenvalue weighted by Gasteiger charge is 2.16. The second-order valence-corrected chi connectivity index (χ2v) is 6.80. The van der Waals surface area contributed by atoms with Gasteiger partial charge in [0.25, 0.3) is 5.91 Å². The van der Waals surface area contributed by atoms with Crippen molar-refractivity contribution in [3.8, 4) is 17.6 Å². The summed E-state index contributed by atoms with van der Waals surface area (Å²) in [6.45, 7) is 0.996. The SMILES string of the molecule is COc1cc(C#N)ccc1OCC(=O)N(CCc1ccccc1)Cc1ccccc1. The second kappa shape index (κ2) is 10.7. The average molecular weight is 400 g/mol. The Morgan fingerprint density at radius 3 is 2.23 bits per heavy atom. The summed E-state index contributed by atoms with van der Waals surface area (Å²) in [6, 6.07) is 26.9. The fourth-order valence-electron chi connectivity index (χ4n) is 3.09. The molecule has 0 aliphatic heterocycles. The highest BCUT2D eigenvalue weighted by atomic mass is 16.5. The summed E-state index contributed by atoms with van der Waals surface area (Å²) in [6.07, 6.45) is 0.763. The van der Waals surface area contributed by atoms with Gasteiger partial charge in [-0.2, -0.15) is 5.26 Å². The smallest absolute Gasteiger partial charge is 0.260 e. The molecule has 0 radical (unpaired) electrons. The van der Waals surface area contributed by atoms with Gasteiger partial charge in [-0.1, -0.05) is 60.7 Å². The van der Waals surface area contributed by atoms with Crippen molar-refractivity contribution in [1.82, 2.24) is 4.90 Å². The van der Waals surface area contributed by atoms with E-state index in [2.05, 4.69) is 18.2 Å². The van der Waals surface area contributed by atoms with Gasteiger partial charge in [0.05, 0.1) is 18.7 Å². The maximum Gasteiger partial charge on any atom is 0.260 e. The molecule has 0 unspecified atom stereocenters. The van der Waals surface area contributed by atoms with Crippen LogP contribution in [-0.4, -0.2) is 31.1 Å². The average Bonchev–Trinajstić information content (AvgIpc) is 2.81. The van der Waals surface area contributed by atoms with E-state index in [1.165, 1.54) is 12.7 Å². The molecule has 0 aliphatic rings. The molecule has 3 rings (SSSR count). The van der Waals surface area contributed by atoms with Crippen molar-refractivity contribution in [3.63, 3.8) is 0 Å². The number of hydrogen-bond donors (Lipinski definition) is 0. The van der Waals surface area contributed by atoms with Crippen molar-refractivity contribution in [2.24, 2.45) is 0 Å². The molecule has 0 N–H and O–H groups in total. The van der Waals surface area contributed by atoms with E-state index in [-0.39, 0.29) is 12.5 Å². The Balaban J connectivity index is 1.68. The van der Waals surface area contributed by atoms with Crippen LogP contribution in [0.1, 0.15) is 16.7 Å². The number of carbonyl (C=O) groups excluding carboxylic acids is 1. The third kappa shape index (κ3) is 5.86. The van der Waals surface area contributed by atoms with Crippen molar-refractivity contribution in [3.05, 3.63) is 95.6 Å². The molecule has 5 nitrogen and oxygen atoms in total. The summed E-state index contributed by atoms with van der Waals surface area (Å²) in [5.41, 5.74) is 2.71. The van der Waals surface area contributed by atoms with Crippen molar-refractivity contribution in [2.75, 3.05) is 20.3 Å². The first-order valence-corrected chi connectivity index (χ1v) is 9.76. The normalized spacial score (nSPS) is 10.1. The van der Waals surface area contributed by atoms with Crippen LogP contribution in [0.5, 0.6) is 11.5 Å². The number of nitrogens with zero attached hydrogens (tertiary/aromatic N) is 2. The summed E-state index contributed by atoms with van der Waals surface area (Å²) in [5.74, 6) is 0.759. The quantitative estimate of drug-likeness (QED) is 0.540. The van der Waals surface area contributed by atoms with Crippen LogP contribution in [0.25, 0.3) is 0 Å². The van der Waals surface area contributed by atoms with Crippen molar-refractivity contribution >= 4 is 5.91 Å². The van der Waals surface area contributed by atoms with Gasteiger partial charge in [0.15, 0.2) is 18.1 Å². The Labute approximate surface area is 177 Å². The molecule has 30 heavy (non-hydrogen) atoms. The molecule has 5 heteroatoms. The number of nitriles is 1. The minimum atomic E-state index is -0.110. The summed E-state index contributed by atoms with van der Waals surface area (Å²) in [4.78, 5) is 14.8. The Kier molecular flexibility index (Phi) is 7.45. The number of hydrogen-bond acceptors (Lipinski definition) is 4. The van der Waals surface area contributed by atoms with Crippen LogP contribution >= 0.6 is 0 Å². The van der Waals surface area contributed by atoms with Crippen molar-refractivity contribution in [2.45, 2.75) is 13.0 Å². The Bertz CT molecular complexity index is 998. The number of carbonyl (C=O) groups is 1. The summed E-state index contributed by atoms with van der Waals surface area (Å²) < 4.78 is 11.0. The van der Waals surface area contributed by atoms with Crippen LogP contribution in [0.2, 0.25) is 0 Å². The predicted molar refractivity (Wildman–Crippen MR) is 115 cm³/mol. The van der Waals surface area contributed by atoms with Gasteiger partial charge in [0.2, 0.25) is 0 Å². The monoisotopic (exact) mass is 400 g/mol. The minimum absolute atomic E-state index is 0.107. The standard InChI is InChI=1S/C25H24N2O3/c1-29-24-16-22(17-26)12-13-23(24)30-19-25(28)27(18-21-10-6-3-7-11-21)15-14-20-8-4-2-5-9-20/h2-13,16H,14-15,18-19H2,1H3. The Hall–Kier alpha value is -3.78. The van der Waals surface area contributed by atoms with E-state index >= 15 is 0 Å². The van der Waals surface area contributed by atoms with Gasteiger partial charge in [-0.3, -0.25) is 4.79 Å². The Morgan fingerprint density at radius 1 is 0.933 bits per heavy atom. The first kappa shape index (κ1) is 20.9. The number of rotatable bonds is 9. The van der Waals surface area contributed by atoms with Crippen molar-refractivity contribution < 1.29 is 14.3 Å². The Morgan fingerprint density at radius 2 is 1.60 bits per heavy atom. The van der Waals surface area contributed by atoms with Gasteiger partial charge in [0, 0.05) is 19.2 Å². The third-order valence-electron chi connectivity index (χ3n) is 4.73. The zero-order valence-electron chi connectivity index (χ0n) is 17.0. The van der Waals surface area contributed by atoms with E-state index in [0.717, 1.165) is 12.0 Å². The lowest BCUT2D eigenvalue weighted by atomic mass is 10.1. The lowest BCUT2D eigenvalue weighted by Crippen LogP contribution is -2.36. The fourth-order valence-corrected chi connectivity index (χ4v) is 3.09. The molecule has 0 bridgehead atoms. The summed E-state index contributed by atoms with van der Waals surface area (Å²) in [5, 5.41) is 9.03. The number of methoxy groups -OCH3 is 1. The largest absolute Gasteiger partial charge is 0.493 e. The van der Waals surface area contributed by atoms with Crippen LogP contribution in [0.15, 0.2) is 78.9 Å². The predicted octanol–water partition coefficient (Wildman–Crippen LogP) is 4.22. The van der Waals surface area contributed by atoms with Gasteiger partial charge in [0.1, 0.15) is 0 Å². The van der Waals surface area contributed by atoms with E-state index < -0.39 is 0 Å². The number of ether oxygens (including phenoxy) is 2. The fraction of sp³-hybridized carbons (Fsp3) is 0.200. The van der Waals surface area contributed by atoms with Gasteiger partial charge < -0.3 is 14.4 Å². The molecule has 0 saturated carbocycles. The second-order valence-electron chi connectivity index (χ2n) is 6.80. The van der Waals surface area contributed by atoms with Crippen molar-refractivity contribution in [1.29, 1.82) is 5.26 Å². The molecule has 0 aromatic heterocycles. The van der Waals surface area contributed by atoms with Gasteiger partial charge >= 0.3 is 0 Å². The van der Waals surface area contributed by atoms with Crippen LogP contribution in [0.4, 0.5) is 0 Å².